The van der Waals surface area contributed by atoms with Crippen LogP contribution in [0, 0.1) is 0 Å². The highest BCUT2D eigenvalue weighted by Crippen LogP contribution is 2.39. The van der Waals surface area contributed by atoms with Gasteiger partial charge < -0.3 is 51.2 Å². The van der Waals surface area contributed by atoms with Crippen molar-refractivity contribution in [1.29, 1.82) is 0 Å². The number of amides is 4. The number of benzene rings is 5. The van der Waals surface area contributed by atoms with Crippen LogP contribution < -0.4 is 30.7 Å². The number of aromatic carboxylic acids is 1. The van der Waals surface area contributed by atoms with Gasteiger partial charge in [-0.1, -0.05) is 42.5 Å². The molecule has 0 unspecified atom stereocenters. The number of ether oxygens (including phenoxy) is 2. The molecule has 1 aromatic heterocycles. The zero-order chi connectivity index (χ0) is 45.9. The number of phenols is 3. The monoisotopic (exact) mass is 867 g/mol. The number of hydrogen-bond acceptors (Lipinski definition) is 12. The van der Waals surface area contributed by atoms with Gasteiger partial charge >= 0.3 is 5.97 Å². The summed E-state index contributed by atoms with van der Waals surface area (Å²) in [5.74, 6) is -4.97. The summed E-state index contributed by atoms with van der Waals surface area (Å²) in [6, 6.07) is 23.5. The average molecular weight is 868 g/mol. The van der Waals surface area contributed by atoms with Crippen LogP contribution in [0.15, 0.2) is 109 Å². The van der Waals surface area contributed by atoms with E-state index in [2.05, 4.69) is 36.7 Å². The maximum Gasteiger partial charge on any atom is 0.339 e. The average Bonchev–Trinajstić information content (AvgIpc) is 3.80. The van der Waals surface area contributed by atoms with E-state index >= 15 is 0 Å². The molecule has 5 aromatic carbocycles. The highest BCUT2D eigenvalue weighted by atomic mass is 16.5. The van der Waals surface area contributed by atoms with E-state index in [1.807, 2.05) is 0 Å². The van der Waals surface area contributed by atoms with E-state index in [1.54, 1.807) is 73.7 Å². The number of aromatic amines is 1. The molecule has 0 spiro atoms. The van der Waals surface area contributed by atoms with Crippen LogP contribution in [0.2, 0.25) is 0 Å². The number of rotatable bonds is 16. The second kappa shape index (κ2) is 20.1. The molecule has 18 heteroatoms. The Labute approximate surface area is 364 Å². The minimum atomic E-state index is -1.39. The van der Waals surface area contributed by atoms with Gasteiger partial charge in [-0.25, -0.2) is 4.79 Å². The molecule has 0 aliphatic carbocycles. The van der Waals surface area contributed by atoms with E-state index in [1.165, 1.54) is 62.9 Å². The highest BCUT2D eigenvalue weighted by Gasteiger charge is 2.25. The number of carbonyl (C=O) groups excluding carboxylic acids is 4. The summed E-state index contributed by atoms with van der Waals surface area (Å²) in [5, 5.41) is 61.2. The van der Waals surface area contributed by atoms with Crippen molar-refractivity contribution < 1.29 is 53.9 Å². The normalized spacial score (nSPS) is 11.6. The van der Waals surface area contributed by atoms with E-state index in [0.29, 0.717) is 33.8 Å². The van der Waals surface area contributed by atoms with Crippen molar-refractivity contribution in [2.45, 2.75) is 19.4 Å². The Morgan fingerprint density at radius 2 is 1.33 bits per heavy atom. The Morgan fingerprint density at radius 3 is 1.97 bits per heavy atom. The Kier molecular flexibility index (Phi) is 14.0. The van der Waals surface area contributed by atoms with Gasteiger partial charge in [0, 0.05) is 34.5 Å². The van der Waals surface area contributed by atoms with Gasteiger partial charge in [0.2, 0.25) is 5.91 Å². The summed E-state index contributed by atoms with van der Waals surface area (Å²) >= 11 is 0. The molecule has 0 fully saturated rings. The van der Waals surface area contributed by atoms with E-state index in [0.717, 1.165) is 11.6 Å². The van der Waals surface area contributed by atoms with E-state index < -0.39 is 46.8 Å². The van der Waals surface area contributed by atoms with Crippen molar-refractivity contribution in [3.05, 3.63) is 148 Å². The number of aromatic nitrogens is 3. The number of carboxylic acid groups (broad SMARTS) is 1. The van der Waals surface area contributed by atoms with Crippen molar-refractivity contribution in [3.8, 4) is 28.7 Å². The number of phenolic OH excluding ortho intramolecular Hbond substituents is 2. The van der Waals surface area contributed by atoms with Gasteiger partial charge in [-0.05, 0) is 90.9 Å². The minimum absolute atomic E-state index is 0.0163. The predicted octanol–water partition coefficient (Wildman–Crippen LogP) is 6.08. The molecule has 4 amide bonds. The summed E-state index contributed by atoms with van der Waals surface area (Å²) in [6.07, 6.45) is 6.48. The van der Waals surface area contributed by atoms with Crippen molar-refractivity contribution in [3.63, 3.8) is 0 Å². The van der Waals surface area contributed by atoms with Crippen LogP contribution in [0.4, 0.5) is 17.1 Å². The first-order valence-corrected chi connectivity index (χ1v) is 19.2. The third-order valence-electron chi connectivity index (χ3n) is 9.60. The Hall–Kier alpha value is -8.93. The van der Waals surface area contributed by atoms with E-state index in [4.69, 9.17) is 9.47 Å². The smallest absolute Gasteiger partial charge is 0.339 e. The molecule has 0 bridgehead atoms. The molecule has 326 valence electrons. The fraction of sp³-hybridized carbons (Fsp3) is 0.109. The molecule has 6 rings (SSSR count). The largest absolute Gasteiger partial charge is 0.508 e. The molecular formula is C46H41N7O11. The maximum atomic E-state index is 13.6. The lowest BCUT2D eigenvalue weighted by Crippen LogP contribution is -2.45. The molecule has 18 nitrogen and oxygen atoms in total. The number of H-pyrrole nitrogens is 1. The van der Waals surface area contributed by atoms with Crippen molar-refractivity contribution in [2.24, 2.45) is 0 Å². The summed E-state index contributed by atoms with van der Waals surface area (Å²) in [7, 11) is 2.51. The van der Waals surface area contributed by atoms with Gasteiger partial charge in [-0.3, -0.25) is 19.2 Å². The highest BCUT2D eigenvalue weighted by molar-refractivity contribution is 6.09. The Bertz CT molecular complexity index is 2750. The fourth-order valence-corrected chi connectivity index (χ4v) is 6.25. The third kappa shape index (κ3) is 10.9. The van der Waals surface area contributed by atoms with Crippen LogP contribution in [-0.2, 0) is 16.0 Å². The van der Waals surface area contributed by atoms with Crippen molar-refractivity contribution in [1.82, 2.24) is 20.7 Å². The Balaban J connectivity index is 1.09. The molecule has 0 saturated carbocycles. The zero-order valence-corrected chi connectivity index (χ0v) is 34.4. The summed E-state index contributed by atoms with van der Waals surface area (Å²) in [4.78, 5) is 64.3. The van der Waals surface area contributed by atoms with Crippen molar-refractivity contribution >= 4 is 64.9 Å². The van der Waals surface area contributed by atoms with E-state index in [9.17, 15) is 44.4 Å². The molecule has 64 heavy (non-hydrogen) atoms. The molecular weight excluding hydrogens is 827 g/mol. The van der Waals surface area contributed by atoms with Gasteiger partial charge in [0.25, 0.3) is 17.7 Å². The number of nitrogens with zero attached hydrogens (tertiary/aromatic N) is 2. The number of carbonyl (C=O) groups is 5. The zero-order valence-electron chi connectivity index (χ0n) is 34.4. The number of carboxylic acids is 1. The number of aromatic hydroxyl groups is 3. The van der Waals surface area contributed by atoms with Crippen molar-refractivity contribution in [2.75, 3.05) is 30.2 Å². The molecule has 0 saturated heterocycles. The second-order valence-electron chi connectivity index (χ2n) is 14.0. The lowest BCUT2D eigenvalue weighted by Gasteiger charge is -2.18. The number of nitrogens with one attached hydrogen (secondary N) is 5. The fourth-order valence-electron chi connectivity index (χ4n) is 6.25. The second-order valence-corrected chi connectivity index (χ2v) is 14.0. The van der Waals surface area contributed by atoms with Gasteiger partial charge in [0.1, 0.15) is 17.4 Å². The van der Waals surface area contributed by atoms with Gasteiger partial charge in [0.05, 0.1) is 37.4 Å². The maximum absolute atomic E-state index is 13.6. The van der Waals surface area contributed by atoms with Crippen LogP contribution in [0.25, 0.3) is 18.2 Å². The third-order valence-corrected chi connectivity index (χ3v) is 9.60. The van der Waals surface area contributed by atoms with E-state index in [-0.39, 0.29) is 46.4 Å². The van der Waals surface area contributed by atoms with Crippen LogP contribution in [-0.4, -0.2) is 85.7 Å². The minimum Gasteiger partial charge on any atom is -0.508 e. The van der Waals surface area contributed by atoms with Crippen LogP contribution in [0.1, 0.15) is 60.4 Å². The summed E-state index contributed by atoms with van der Waals surface area (Å²) in [5.41, 5.74) is 3.15. The van der Waals surface area contributed by atoms with Gasteiger partial charge in [0.15, 0.2) is 23.0 Å². The standard InChI is InChI=1S/C46H41N7O11/c1-25(22-27-7-17-33(54)18-8-27)42(57)48-31-15-10-29(11-16-31)43(58)51-37(23-32-24-47-53-52-32)45(60)49-30-13-5-26(6-14-30)4-9-28-12-19-34(38(55)40(28)63-2)44(59)50-36-21-20-35(46(61)62)39(56)41(36)64-3/h4-22,24,37,54-56H,23H2,1-3H3,(H,48,57)(H,49,60)(H,50,59)(H,51,58)(H,61,62)(H,47,52,53)/b9-4+,25-22+/t37-/m0/s1. The SMILES string of the molecule is COc1c(/C=C/c2ccc(NC(=O)[C@H](Cc3cn[nH]n3)NC(=O)c3ccc(NC(=O)/C(C)=C/c4ccc(O)cc4)cc3)cc2)ccc(C(=O)Nc2ccc(C(=O)O)c(O)c2OC)c1O. The molecule has 9 N–H and O–H groups in total. The molecule has 1 heterocycles. The number of anilines is 3. The van der Waals surface area contributed by atoms with Crippen LogP contribution >= 0.6 is 0 Å². The predicted molar refractivity (Wildman–Crippen MR) is 236 cm³/mol. The first-order chi connectivity index (χ1) is 30.7. The first-order valence-electron chi connectivity index (χ1n) is 19.2. The van der Waals surface area contributed by atoms with Gasteiger partial charge in [-0.2, -0.15) is 15.4 Å². The molecule has 0 aliphatic rings. The lowest BCUT2D eigenvalue weighted by molar-refractivity contribution is -0.118. The molecule has 6 aromatic rings. The Morgan fingerprint density at radius 1 is 0.703 bits per heavy atom. The molecule has 0 aliphatic heterocycles. The van der Waals surface area contributed by atoms with Gasteiger partial charge in [-0.15, -0.1) is 0 Å². The topological polar surface area (TPSA) is 274 Å². The number of hydrogen-bond donors (Lipinski definition) is 9. The lowest BCUT2D eigenvalue weighted by atomic mass is 10.1. The van der Waals surface area contributed by atoms with Crippen LogP contribution in [0.3, 0.4) is 0 Å². The molecule has 0 radical (unpaired) electrons. The quantitative estimate of drug-likeness (QED) is 0.0395. The summed E-state index contributed by atoms with van der Waals surface area (Å²) in [6.45, 7) is 1.65. The summed E-state index contributed by atoms with van der Waals surface area (Å²) < 4.78 is 10.5. The first kappa shape index (κ1) is 44.6. The number of methoxy groups -OCH3 is 2. The molecule has 1 atom stereocenters. The van der Waals surface area contributed by atoms with Crippen LogP contribution in [0.5, 0.6) is 28.7 Å².